The van der Waals surface area contributed by atoms with E-state index in [1.807, 2.05) is 13.8 Å². The normalized spacial score (nSPS) is 11.0. The zero-order valence-corrected chi connectivity index (χ0v) is 10.9. The molecule has 0 amide bonds. The second-order valence-corrected chi connectivity index (χ2v) is 3.94. The summed E-state index contributed by atoms with van der Waals surface area (Å²) in [7, 11) is 1.70. The largest absolute Gasteiger partial charge is 0.385 e. The molecule has 1 aromatic heterocycles. The lowest BCUT2D eigenvalue weighted by molar-refractivity contribution is 0.104. The zero-order chi connectivity index (χ0) is 12.5. The van der Waals surface area contributed by atoms with E-state index in [1.165, 1.54) is 0 Å². The summed E-state index contributed by atoms with van der Waals surface area (Å²) in [4.78, 5) is 0. The molecule has 1 N–H and O–H groups in total. The van der Waals surface area contributed by atoms with E-state index in [1.54, 1.807) is 7.11 Å². The second kappa shape index (κ2) is 8.22. The molecule has 17 heavy (non-hydrogen) atoms. The first kappa shape index (κ1) is 14.2. The Labute approximate surface area is 102 Å². The van der Waals surface area contributed by atoms with Crippen LogP contribution in [0.5, 0.6) is 0 Å². The van der Waals surface area contributed by atoms with Gasteiger partial charge in [0.25, 0.3) is 0 Å². The third kappa shape index (κ3) is 5.30. The van der Waals surface area contributed by atoms with E-state index in [4.69, 9.17) is 14.0 Å². The Morgan fingerprint density at radius 1 is 1.24 bits per heavy atom. The van der Waals surface area contributed by atoms with E-state index < -0.39 is 0 Å². The molecule has 0 bridgehead atoms. The SMILES string of the molecule is COCCCOCCNCc1c(C)noc1C. The molecule has 1 heterocycles. The average molecular weight is 242 g/mol. The van der Waals surface area contributed by atoms with Crippen molar-refractivity contribution >= 4 is 0 Å². The molecule has 98 valence electrons. The van der Waals surface area contributed by atoms with E-state index >= 15 is 0 Å². The summed E-state index contributed by atoms with van der Waals surface area (Å²) in [6, 6.07) is 0. The third-order valence-electron chi connectivity index (χ3n) is 2.54. The molecule has 0 aliphatic heterocycles. The number of nitrogens with one attached hydrogen (secondary N) is 1. The predicted octanol–water partition coefficient (Wildman–Crippen LogP) is 1.43. The Balaban J connectivity index is 2.01. The molecule has 0 saturated carbocycles. The van der Waals surface area contributed by atoms with Gasteiger partial charge in [-0.25, -0.2) is 0 Å². The Bertz CT molecular complexity index is 293. The minimum atomic E-state index is 0.715. The number of hydrogen-bond donors (Lipinski definition) is 1. The summed E-state index contributed by atoms with van der Waals surface area (Å²) in [5.41, 5.74) is 2.10. The molecule has 0 aliphatic rings. The molecule has 0 aliphatic carbocycles. The van der Waals surface area contributed by atoms with Crippen LogP contribution in [0.4, 0.5) is 0 Å². The van der Waals surface area contributed by atoms with E-state index in [-0.39, 0.29) is 0 Å². The van der Waals surface area contributed by atoms with Crippen molar-refractivity contribution in [1.82, 2.24) is 10.5 Å². The van der Waals surface area contributed by atoms with E-state index in [0.717, 1.165) is 49.7 Å². The van der Waals surface area contributed by atoms with Crippen LogP contribution in [-0.2, 0) is 16.0 Å². The fourth-order valence-corrected chi connectivity index (χ4v) is 1.52. The summed E-state index contributed by atoms with van der Waals surface area (Å²) >= 11 is 0. The lowest BCUT2D eigenvalue weighted by atomic mass is 10.2. The first-order valence-corrected chi connectivity index (χ1v) is 5.95. The van der Waals surface area contributed by atoms with Gasteiger partial charge < -0.3 is 19.3 Å². The Morgan fingerprint density at radius 3 is 2.71 bits per heavy atom. The lowest BCUT2D eigenvalue weighted by Gasteiger charge is -2.05. The molecule has 0 spiro atoms. The molecule has 0 radical (unpaired) electrons. The van der Waals surface area contributed by atoms with Gasteiger partial charge in [-0.05, 0) is 20.3 Å². The maximum Gasteiger partial charge on any atom is 0.138 e. The third-order valence-corrected chi connectivity index (χ3v) is 2.54. The quantitative estimate of drug-likeness (QED) is 0.664. The van der Waals surface area contributed by atoms with Gasteiger partial charge in [0.1, 0.15) is 5.76 Å². The van der Waals surface area contributed by atoms with E-state index in [2.05, 4.69) is 10.5 Å². The predicted molar refractivity (Wildman–Crippen MR) is 65.0 cm³/mol. The van der Waals surface area contributed by atoms with Gasteiger partial charge in [0.2, 0.25) is 0 Å². The number of aromatic nitrogens is 1. The van der Waals surface area contributed by atoms with Crippen LogP contribution in [-0.4, -0.2) is 38.6 Å². The highest BCUT2D eigenvalue weighted by atomic mass is 16.5. The van der Waals surface area contributed by atoms with Crippen molar-refractivity contribution in [3.63, 3.8) is 0 Å². The van der Waals surface area contributed by atoms with Gasteiger partial charge in [0, 0.05) is 39.0 Å². The first-order chi connectivity index (χ1) is 8.25. The van der Waals surface area contributed by atoms with Crippen molar-refractivity contribution in [1.29, 1.82) is 0 Å². The molecule has 1 rings (SSSR count). The Morgan fingerprint density at radius 2 is 2.06 bits per heavy atom. The van der Waals surface area contributed by atoms with Gasteiger partial charge in [0.15, 0.2) is 0 Å². The molecule has 0 fully saturated rings. The van der Waals surface area contributed by atoms with Gasteiger partial charge in [-0.1, -0.05) is 5.16 Å². The van der Waals surface area contributed by atoms with Gasteiger partial charge in [-0.15, -0.1) is 0 Å². The maximum absolute atomic E-state index is 5.43. The van der Waals surface area contributed by atoms with Crippen molar-refractivity contribution in [3.05, 3.63) is 17.0 Å². The molecule has 0 unspecified atom stereocenters. The van der Waals surface area contributed by atoms with Crippen LogP contribution >= 0.6 is 0 Å². The fraction of sp³-hybridized carbons (Fsp3) is 0.750. The van der Waals surface area contributed by atoms with Crippen LogP contribution in [0, 0.1) is 13.8 Å². The number of hydrogen-bond acceptors (Lipinski definition) is 5. The van der Waals surface area contributed by atoms with E-state index in [9.17, 15) is 0 Å². The summed E-state index contributed by atoms with van der Waals surface area (Å²) in [5, 5.41) is 7.21. The van der Waals surface area contributed by atoms with Crippen LogP contribution in [0.2, 0.25) is 0 Å². The average Bonchev–Trinajstić information content (AvgIpc) is 2.63. The smallest absolute Gasteiger partial charge is 0.138 e. The first-order valence-electron chi connectivity index (χ1n) is 5.95. The standard InChI is InChI=1S/C12H22N2O3/c1-10-12(11(2)17-14-10)9-13-5-8-16-7-4-6-15-3/h13H,4-9H2,1-3H3. The van der Waals surface area contributed by atoms with Crippen LogP contribution < -0.4 is 5.32 Å². The molecular formula is C12H22N2O3. The van der Waals surface area contributed by atoms with Gasteiger partial charge in [0.05, 0.1) is 12.3 Å². The van der Waals surface area contributed by atoms with E-state index in [0.29, 0.717) is 6.61 Å². The number of methoxy groups -OCH3 is 1. The summed E-state index contributed by atoms with van der Waals surface area (Å²) < 4.78 is 15.4. The lowest BCUT2D eigenvalue weighted by Crippen LogP contribution is -2.20. The van der Waals surface area contributed by atoms with Crippen molar-refractivity contribution in [2.75, 3.05) is 33.5 Å². The summed E-state index contributed by atoms with van der Waals surface area (Å²) in [6.45, 7) is 7.72. The minimum Gasteiger partial charge on any atom is -0.385 e. The molecule has 0 saturated heterocycles. The van der Waals surface area contributed by atoms with Crippen LogP contribution in [0.15, 0.2) is 4.52 Å². The number of aryl methyl sites for hydroxylation is 2. The minimum absolute atomic E-state index is 0.715. The molecule has 5 nitrogen and oxygen atoms in total. The Kier molecular flexibility index (Phi) is 6.84. The van der Waals surface area contributed by atoms with Crippen molar-refractivity contribution < 1.29 is 14.0 Å². The fourth-order valence-electron chi connectivity index (χ4n) is 1.52. The van der Waals surface area contributed by atoms with Crippen molar-refractivity contribution in [3.8, 4) is 0 Å². The van der Waals surface area contributed by atoms with Crippen LogP contribution in [0.3, 0.4) is 0 Å². The van der Waals surface area contributed by atoms with Crippen LogP contribution in [0.1, 0.15) is 23.4 Å². The zero-order valence-electron chi connectivity index (χ0n) is 10.9. The number of ether oxygens (including phenoxy) is 2. The van der Waals surface area contributed by atoms with Crippen molar-refractivity contribution in [2.45, 2.75) is 26.8 Å². The summed E-state index contributed by atoms with van der Waals surface area (Å²) in [5.74, 6) is 0.885. The van der Waals surface area contributed by atoms with Crippen molar-refractivity contribution in [2.24, 2.45) is 0 Å². The topological polar surface area (TPSA) is 56.5 Å². The molecule has 5 heteroatoms. The molecular weight excluding hydrogens is 220 g/mol. The van der Waals surface area contributed by atoms with Gasteiger partial charge >= 0.3 is 0 Å². The monoisotopic (exact) mass is 242 g/mol. The number of nitrogens with zero attached hydrogens (tertiary/aromatic N) is 1. The Hall–Kier alpha value is -0.910. The number of rotatable bonds is 9. The van der Waals surface area contributed by atoms with Gasteiger partial charge in [-0.2, -0.15) is 0 Å². The highest BCUT2D eigenvalue weighted by molar-refractivity contribution is 5.20. The highest BCUT2D eigenvalue weighted by Gasteiger charge is 2.07. The molecule has 1 aromatic rings. The highest BCUT2D eigenvalue weighted by Crippen LogP contribution is 2.10. The summed E-state index contributed by atoms with van der Waals surface area (Å²) in [6.07, 6.45) is 0.945. The van der Waals surface area contributed by atoms with Crippen LogP contribution in [0.25, 0.3) is 0 Å². The van der Waals surface area contributed by atoms with Gasteiger partial charge in [-0.3, -0.25) is 0 Å². The molecule has 0 atom stereocenters. The molecule has 0 aromatic carbocycles. The maximum atomic E-state index is 5.43. The second-order valence-electron chi connectivity index (χ2n) is 3.94.